The minimum absolute atomic E-state index is 0.213. The number of nitrogens with two attached hydrogens (primary N) is 1. The molecule has 1 amide bonds. The molecule has 18 heavy (non-hydrogen) atoms. The van der Waals surface area contributed by atoms with Gasteiger partial charge in [0.1, 0.15) is 0 Å². The van der Waals surface area contributed by atoms with Crippen LogP contribution in [0.1, 0.15) is 45.4 Å². The Labute approximate surface area is 110 Å². The summed E-state index contributed by atoms with van der Waals surface area (Å²) in [6, 6.07) is 0.315. The Hall–Kier alpha value is -0.610. The molecule has 104 valence electrons. The molecule has 1 unspecified atom stereocenters. The van der Waals surface area contributed by atoms with Gasteiger partial charge in [-0.05, 0) is 39.8 Å². The molecule has 0 aromatic carbocycles. The van der Waals surface area contributed by atoms with Crippen molar-refractivity contribution in [3.05, 3.63) is 0 Å². The van der Waals surface area contributed by atoms with Crippen molar-refractivity contribution >= 4 is 5.91 Å². The Morgan fingerprint density at radius 3 is 2.61 bits per heavy atom. The van der Waals surface area contributed by atoms with Crippen LogP contribution in [0.4, 0.5) is 0 Å². The molecule has 0 radical (unpaired) electrons. The summed E-state index contributed by atoms with van der Waals surface area (Å²) in [6.45, 7) is 5.10. The predicted octanol–water partition coefficient (Wildman–Crippen LogP) is 1.20. The number of carbonyl (C=O) groups excluding carboxylic acids is 1. The first-order chi connectivity index (χ1) is 8.50. The molecule has 1 saturated heterocycles. The predicted molar refractivity (Wildman–Crippen MR) is 73.3 cm³/mol. The molecule has 0 spiro atoms. The maximum atomic E-state index is 12.5. The highest BCUT2D eigenvalue weighted by molar-refractivity contribution is 5.78. The number of rotatable bonds is 2. The molecule has 1 atom stereocenters. The molecule has 2 N–H and O–H groups in total. The molecule has 1 aliphatic carbocycles. The van der Waals surface area contributed by atoms with Crippen LogP contribution in [0.3, 0.4) is 0 Å². The van der Waals surface area contributed by atoms with E-state index >= 15 is 0 Å². The summed E-state index contributed by atoms with van der Waals surface area (Å²) in [5.41, 5.74) is 6.11. The second-order valence-electron chi connectivity index (χ2n) is 6.30. The molecule has 4 heteroatoms. The Morgan fingerprint density at radius 2 is 1.94 bits per heavy atom. The number of amides is 1. The van der Waals surface area contributed by atoms with Gasteiger partial charge >= 0.3 is 0 Å². The maximum absolute atomic E-state index is 12.5. The van der Waals surface area contributed by atoms with E-state index in [-0.39, 0.29) is 11.4 Å². The summed E-state index contributed by atoms with van der Waals surface area (Å²) >= 11 is 0. The smallest absolute Gasteiger partial charge is 0.224 e. The van der Waals surface area contributed by atoms with Gasteiger partial charge in [0.25, 0.3) is 0 Å². The Morgan fingerprint density at radius 1 is 1.28 bits per heavy atom. The average molecular weight is 253 g/mol. The lowest BCUT2D eigenvalue weighted by Gasteiger charge is -2.32. The normalized spacial score (nSPS) is 29.3. The molecule has 0 bridgehead atoms. The zero-order valence-corrected chi connectivity index (χ0v) is 11.8. The van der Waals surface area contributed by atoms with Crippen molar-refractivity contribution in [3.63, 3.8) is 0 Å². The molecule has 4 nitrogen and oxygen atoms in total. The van der Waals surface area contributed by atoms with Crippen molar-refractivity contribution in [2.75, 3.05) is 26.7 Å². The van der Waals surface area contributed by atoms with Crippen LogP contribution in [0.5, 0.6) is 0 Å². The quantitative estimate of drug-likeness (QED) is 0.804. The van der Waals surface area contributed by atoms with Gasteiger partial charge in [-0.3, -0.25) is 4.79 Å². The molecular weight excluding hydrogens is 226 g/mol. The van der Waals surface area contributed by atoms with Crippen LogP contribution in [0.25, 0.3) is 0 Å². The van der Waals surface area contributed by atoms with Crippen molar-refractivity contribution < 1.29 is 4.79 Å². The fraction of sp³-hybridized carbons (Fsp3) is 0.929. The van der Waals surface area contributed by atoms with Gasteiger partial charge in [0.2, 0.25) is 5.91 Å². The van der Waals surface area contributed by atoms with E-state index in [1.807, 2.05) is 0 Å². The van der Waals surface area contributed by atoms with Crippen molar-refractivity contribution in [1.82, 2.24) is 9.80 Å². The first-order valence-electron chi connectivity index (χ1n) is 7.27. The van der Waals surface area contributed by atoms with Gasteiger partial charge in [-0.1, -0.05) is 12.8 Å². The number of hydrogen-bond acceptors (Lipinski definition) is 3. The van der Waals surface area contributed by atoms with E-state index in [2.05, 4.69) is 23.8 Å². The van der Waals surface area contributed by atoms with E-state index in [9.17, 15) is 4.79 Å². The van der Waals surface area contributed by atoms with Crippen LogP contribution < -0.4 is 5.73 Å². The lowest BCUT2D eigenvalue weighted by atomic mass is 9.93. The van der Waals surface area contributed by atoms with Gasteiger partial charge in [0.05, 0.1) is 0 Å². The summed E-state index contributed by atoms with van der Waals surface area (Å²) in [5, 5.41) is 0. The maximum Gasteiger partial charge on any atom is 0.224 e. The minimum atomic E-state index is -0.213. The fourth-order valence-electron chi connectivity index (χ4n) is 3.40. The highest BCUT2D eigenvalue weighted by atomic mass is 16.2. The summed E-state index contributed by atoms with van der Waals surface area (Å²) in [7, 11) is 2.13. The van der Waals surface area contributed by atoms with E-state index in [1.165, 1.54) is 12.8 Å². The molecule has 0 aromatic heterocycles. The SMILES string of the molecule is CC1CN(C)CCCN1C(=O)CC1(N)CCCC1. The lowest BCUT2D eigenvalue weighted by molar-refractivity contribution is -0.134. The second kappa shape index (κ2) is 5.57. The molecule has 2 aliphatic rings. The third kappa shape index (κ3) is 3.23. The molecule has 1 heterocycles. The van der Waals surface area contributed by atoms with Crippen LogP contribution in [0, 0.1) is 0 Å². The molecule has 1 saturated carbocycles. The van der Waals surface area contributed by atoms with Crippen LogP contribution in [0.15, 0.2) is 0 Å². The van der Waals surface area contributed by atoms with Gasteiger partial charge in [-0.2, -0.15) is 0 Å². The van der Waals surface area contributed by atoms with Crippen LogP contribution in [-0.2, 0) is 4.79 Å². The largest absolute Gasteiger partial charge is 0.339 e. The number of carbonyl (C=O) groups is 1. The Kier molecular flexibility index (Phi) is 4.28. The summed E-state index contributed by atoms with van der Waals surface area (Å²) in [6.07, 6.45) is 6.01. The highest BCUT2D eigenvalue weighted by Gasteiger charge is 2.34. The molecule has 2 rings (SSSR count). The van der Waals surface area contributed by atoms with Crippen molar-refractivity contribution in [2.24, 2.45) is 5.73 Å². The third-order valence-electron chi connectivity index (χ3n) is 4.47. The molecule has 0 aromatic rings. The van der Waals surface area contributed by atoms with Gasteiger partial charge in [-0.25, -0.2) is 0 Å². The number of nitrogens with zero attached hydrogens (tertiary/aromatic N) is 2. The van der Waals surface area contributed by atoms with Crippen LogP contribution in [0.2, 0.25) is 0 Å². The molecular formula is C14H27N3O. The Bertz CT molecular complexity index is 299. The van der Waals surface area contributed by atoms with Crippen LogP contribution in [-0.4, -0.2) is 54.0 Å². The summed E-state index contributed by atoms with van der Waals surface area (Å²) < 4.78 is 0. The van der Waals surface area contributed by atoms with E-state index < -0.39 is 0 Å². The zero-order valence-electron chi connectivity index (χ0n) is 11.8. The van der Waals surface area contributed by atoms with Gasteiger partial charge < -0.3 is 15.5 Å². The summed E-state index contributed by atoms with van der Waals surface area (Å²) in [4.78, 5) is 16.8. The number of hydrogen-bond donors (Lipinski definition) is 1. The van der Waals surface area contributed by atoms with Crippen molar-refractivity contribution in [1.29, 1.82) is 0 Å². The lowest BCUT2D eigenvalue weighted by Crippen LogP contribution is -2.47. The topological polar surface area (TPSA) is 49.6 Å². The van der Waals surface area contributed by atoms with Crippen molar-refractivity contribution in [2.45, 2.75) is 57.0 Å². The minimum Gasteiger partial charge on any atom is -0.339 e. The van der Waals surface area contributed by atoms with E-state index in [4.69, 9.17) is 5.73 Å². The van der Waals surface area contributed by atoms with Crippen LogP contribution >= 0.6 is 0 Å². The van der Waals surface area contributed by atoms with Gasteiger partial charge in [-0.15, -0.1) is 0 Å². The van der Waals surface area contributed by atoms with Gasteiger partial charge in [0.15, 0.2) is 0 Å². The molecule has 1 aliphatic heterocycles. The average Bonchev–Trinajstić information content (AvgIpc) is 2.62. The van der Waals surface area contributed by atoms with E-state index in [1.54, 1.807) is 0 Å². The van der Waals surface area contributed by atoms with Gasteiger partial charge in [0, 0.05) is 31.1 Å². The standard InChI is InChI=1S/C14H27N3O/c1-12-11-16(2)8-5-9-17(12)13(18)10-14(15)6-3-4-7-14/h12H,3-11,15H2,1-2H3. The number of likely N-dealkylation sites (N-methyl/N-ethyl adjacent to an activating group) is 1. The third-order valence-corrected chi connectivity index (χ3v) is 4.47. The van der Waals surface area contributed by atoms with E-state index in [0.29, 0.717) is 12.5 Å². The van der Waals surface area contributed by atoms with Crippen molar-refractivity contribution in [3.8, 4) is 0 Å². The second-order valence-corrected chi connectivity index (χ2v) is 6.30. The first kappa shape index (κ1) is 13.8. The highest BCUT2D eigenvalue weighted by Crippen LogP contribution is 2.31. The van der Waals surface area contributed by atoms with E-state index in [0.717, 1.165) is 38.9 Å². The molecule has 2 fully saturated rings. The Balaban J connectivity index is 1.94. The fourth-order valence-corrected chi connectivity index (χ4v) is 3.40. The monoisotopic (exact) mass is 253 g/mol. The zero-order chi connectivity index (χ0) is 13.2. The first-order valence-corrected chi connectivity index (χ1v) is 7.27. The summed E-state index contributed by atoms with van der Waals surface area (Å²) in [5.74, 6) is 0.266.